The van der Waals surface area contributed by atoms with Gasteiger partial charge in [-0.2, -0.15) is 0 Å². The minimum absolute atomic E-state index is 0.894. The molecule has 1 heterocycles. The van der Waals surface area contributed by atoms with E-state index in [0.29, 0.717) is 0 Å². The van der Waals surface area contributed by atoms with Crippen molar-refractivity contribution < 1.29 is 0 Å². The molecule has 20 heavy (non-hydrogen) atoms. The highest BCUT2D eigenvalue weighted by Crippen LogP contribution is 2.18. The average molecular weight is 270 g/mol. The molecule has 0 atom stereocenters. The Morgan fingerprint density at radius 3 is 2.60 bits per heavy atom. The van der Waals surface area contributed by atoms with E-state index in [2.05, 4.69) is 48.4 Å². The van der Waals surface area contributed by atoms with E-state index in [9.17, 15) is 0 Å². The molecular weight excluding hydrogens is 246 g/mol. The van der Waals surface area contributed by atoms with Gasteiger partial charge in [0.05, 0.1) is 6.20 Å². The summed E-state index contributed by atoms with van der Waals surface area (Å²) in [6.07, 6.45) is 9.01. The summed E-state index contributed by atoms with van der Waals surface area (Å²) in [7, 11) is 0. The summed E-state index contributed by atoms with van der Waals surface area (Å²) in [5, 5.41) is 8.39. The maximum Gasteiger partial charge on any atom is 0.113 e. The first-order valence-corrected chi connectivity index (χ1v) is 7.62. The van der Waals surface area contributed by atoms with Gasteiger partial charge >= 0.3 is 0 Å². The summed E-state index contributed by atoms with van der Waals surface area (Å²) in [6, 6.07) is 8.72. The highest BCUT2D eigenvalue weighted by Gasteiger charge is 2.03. The molecule has 0 amide bonds. The molecule has 0 saturated heterocycles. The van der Waals surface area contributed by atoms with E-state index in [0.717, 1.165) is 30.6 Å². The molecule has 3 heteroatoms. The Kier molecular flexibility index (Phi) is 5.78. The molecule has 0 bridgehead atoms. The fourth-order valence-corrected chi connectivity index (χ4v) is 2.24. The van der Waals surface area contributed by atoms with Crippen LogP contribution >= 0.6 is 0 Å². The maximum absolute atomic E-state index is 4.24. The van der Waals surface area contributed by atoms with Gasteiger partial charge in [-0.1, -0.05) is 62.6 Å². The molecule has 0 spiro atoms. The zero-order valence-electron chi connectivity index (χ0n) is 12.4. The van der Waals surface area contributed by atoms with E-state index in [1.165, 1.54) is 31.2 Å². The molecule has 0 saturated carbocycles. The van der Waals surface area contributed by atoms with E-state index >= 15 is 0 Å². The molecule has 2 aromatic rings. The molecule has 0 aliphatic rings. The first-order chi connectivity index (χ1) is 9.83. The van der Waals surface area contributed by atoms with Crippen molar-refractivity contribution in [2.45, 2.75) is 52.0 Å². The van der Waals surface area contributed by atoms with Gasteiger partial charge in [0, 0.05) is 12.1 Å². The molecule has 0 fully saturated rings. The third-order valence-electron chi connectivity index (χ3n) is 3.49. The van der Waals surface area contributed by atoms with E-state index in [4.69, 9.17) is 0 Å². The topological polar surface area (TPSA) is 30.7 Å². The Hall–Kier alpha value is -1.64. The van der Waals surface area contributed by atoms with Crippen LogP contribution in [0.5, 0.6) is 0 Å². The third kappa shape index (κ3) is 4.19. The van der Waals surface area contributed by atoms with Crippen molar-refractivity contribution in [2.24, 2.45) is 0 Å². The molecule has 107 valence electrons. The smallest absolute Gasteiger partial charge is 0.113 e. The highest BCUT2D eigenvalue weighted by atomic mass is 15.4. The second-order valence-corrected chi connectivity index (χ2v) is 5.23. The van der Waals surface area contributed by atoms with Crippen LogP contribution in [0.4, 0.5) is 0 Å². The summed E-state index contributed by atoms with van der Waals surface area (Å²) < 4.78 is 1.90. The van der Waals surface area contributed by atoms with Gasteiger partial charge in [0.15, 0.2) is 0 Å². The Balaban J connectivity index is 1.96. The van der Waals surface area contributed by atoms with Gasteiger partial charge in [-0.25, -0.2) is 0 Å². The molecule has 3 nitrogen and oxygen atoms in total. The quantitative estimate of drug-likeness (QED) is 0.670. The standard InChI is InChI=1S/C17H24N3/c1-3-5-7-8-15-9-11-16(12-10-15)17-14-20(19-18-17)13-6-4-2/h9-12,14H,2-8,13H2,1H3. The largest absolute Gasteiger partial charge is 0.252 e. The van der Waals surface area contributed by atoms with Crippen LogP contribution in [0.1, 0.15) is 44.6 Å². The van der Waals surface area contributed by atoms with Gasteiger partial charge in [0.2, 0.25) is 0 Å². The van der Waals surface area contributed by atoms with Crippen LogP contribution in [-0.2, 0) is 13.0 Å². The van der Waals surface area contributed by atoms with E-state index < -0.39 is 0 Å². The monoisotopic (exact) mass is 270 g/mol. The van der Waals surface area contributed by atoms with Crippen LogP contribution in [-0.4, -0.2) is 15.0 Å². The zero-order chi connectivity index (χ0) is 14.2. The number of benzene rings is 1. The summed E-state index contributed by atoms with van der Waals surface area (Å²) in [4.78, 5) is 0. The van der Waals surface area contributed by atoms with Crippen molar-refractivity contribution >= 4 is 0 Å². The van der Waals surface area contributed by atoms with E-state index in [1.54, 1.807) is 0 Å². The van der Waals surface area contributed by atoms with E-state index in [1.807, 2.05) is 10.9 Å². The molecule has 1 radical (unpaired) electrons. The molecule has 0 N–H and O–H groups in total. The lowest BCUT2D eigenvalue weighted by Crippen LogP contribution is -1.97. The van der Waals surface area contributed by atoms with Crippen molar-refractivity contribution in [3.63, 3.8) is 0 Å². The van der Waals surface area contributed by atoms with Crippen molar-refractivity contribution in [2.75, 3.05) is 0 Å². The summed E-state index contributed by atoms with van der Waals surface area (Å²) in [5.74, 6) is 0. The molecule has 1 aromatic heterocycles. The number of aryl methyl sites for hydroxylation is 2. The van der Waals surface area contributed by atoms with Crippen LogP contribution in [0.25, 0.3) is 11.3 Å². The van der Waals surface area contributed by atoms with Crippen LogP contribution in [0, 0.1) is 6.92 Å². The predicted octanol–water partition coefficient (Wildman–Crippen LogP) is 4.29. The predicted molar refractivity (Wildman–Crippen MR) is 83.3 cm³/mol. The molecule has 2 rings (SSSR count). The second-order valence-electron chi connectivity index (χ2n) is 5.23. The second kappa shape index (κ2) is 7.83. The Morgan fingerprint density at radius 1 is 1.10 bits per heavy atom. The molecule has 0 aliphatic carbocycles. The van der Waals surface area contributed by atoms with Gasteiger partial charge in [0.25, 0.3) is 0 Å². The molecular formula is C17H24N3. The number of nitrogens with zero attached hydrogens (tertiary/aromatic N) is 3. The first-order valence-electron chi connectivity index (χ1n) is 7.62. The molecule has 0 aliphatic heterocycles. The van der Waals surface area contributed by atoms with Gasteiger partial charge in [-0.3, -0.25) is 4.68 Å². The fourth-order valence-electron chi connectivity index (χ4n) is 2.24. The fraction of sp³-hybridized carbons (Fsp3) is 0.471. The zero-order valence-corrected chi connectivity index (χ0v) is 12.4. The lowest BCUT2D eigenvalue weighted by molar-refractivity contribution is 0.562. The third-order valence-corrected chi connectivity index (χ3v) is 3.49. The van der Waals surface area contributed by atoms with Crippen molar-refractivity contribution in [1.82, 2.24) is 15.0 Å². The first kappa shape index (κ1) is 14.8. The average Bonchev–Trinajstić information content (AvgIpc) is 2.95. The van der Waals surface area contributed by atoms with Crippen molar-refractivity contribution in [3.05, 3.63) is 42.9 Å². The van der Waals surface area contributed by atoms with Gasteiger partial charge in [-0.15, -0.1) is 5.10 Å². The van der Waals surface area contributed by atoms with Crippen molar-refractivity contribution in [3.8, 4) is 11.3 Å². The van der Waals surface area contributed by atoms with Gasteiger partial charge < -0.3 is 0 Å². The molecule has 0 unspecified atom stereocenters. The lowest BCUT2D eigenvalue weighted by atomic mass is 10.0. The van der Waals surface area contributed by atoms with Crippen LogP contribution in [0.15, 0.2) is 30.5 Å². The Morgan fingerprint density at radius 2 is 1.90 bits per heavy atom. The van der Waals surface area contributed by atoms with Crippen LogP contribution in [0.2, 0.25) is 0 Å². The SMILES string of the molecule is [CH2]CCCn1cc(-c2ccc(CCCCC)cc2)nn1. The summed E-state index contributed by atoms with van der Waals surface area (Å²) in [6.45, 7) is 6.98. The Bertz CT molecular complexity index is 499. The summed E-state index contributed by atoms with van der Waals surface area (Å²) >= 11 is 0. The maximum atomic E-state index is 4.24. The number of hydrogen-bond donors (Lipinski definition) is 0. The number of aromatic nitrogens is 3. The normalized spacial score (nSPS) is 10.9. The lowest BCUT2D eigenvalue weighted by Gasteiger charge is -2.02. The number of unbranched alkanes of at least 4 members (excludes halogenated alkanes) is 3. The molecule has 1 aromatic carbocycles. The van der Waals surface area contributed by atoms with Gasteiger partial charge in [-0.05, 0) is 24.8 Å². The van der Waals surface area contributed by atoms with E-state index in [-0.39, 0.29) is 0 Å². The minimum atomic E-state index is 0.894. The van der Waals surface area contributed by atoms with Crippen LogP contribution < -0.4 is 0 Å². The highest BCUT2D eigenvalue weighted by molar-refractivity contribution is 5.57. The number of hydrogen-bond acceptors (Lipinski definition) is 2. The Labute approximate surface area is 122 Å². The van der Waals surface area contributed by atoms with Crippen LogP contribution in [0.3, 0.4) is 0 Å². The summed E-state index contributed by atoms with van der Waals surface area (Å²) in [5.41, 5.74) is 3.51. The van der Waals surface area contributed by atoms with Crippen molar-refractivity contribution in [1.29, 1.82) is 0 Å². The number of rotatable bonds is 8. The minimum Gasteiger partial charge on any atom is -0.252 e. The van der Waals surface area contributed by atoms with Gasteiger partial charge in [0.1, 0.15) is 5.69 Å².